The van der Waals surface area contributed by atoms with E-state index in [9.17, 15) is 13.2 Å². The normalized spacial score (nSPS) is 16.2. The van der Waals surface area contributed by atoms with E-state index in [-0.39, 0.29) is 21.1 Å². The van der Waals surface area contributed by atoms with Crippen LogP contribution >= 0.6 is 27.3 Å². The first kappa shape index (κ1) is 16.8. The van der Waals surface area contributed by atoms with Crippen LogP contribution in [0.2, 0.25) is 0 Å². The minimum absolute atomic E-state index is 0.0305. The second-order valence-corrected chi connectivity index (χ2v) is 9.17. The number of nitrogens with one attached hydrogen (secondary N) is 1. The molecular formula is C12H18BrN3O3S2. The molecule has 0 unspecified atom stereocenters. The van der Waals surface area contributed by atoms with Crippen LogP contribution in [0.25, 0.3) is 0 Å². The van der Waals surface area contributed by atoms with E-state index in [0.717, 1.165) is 17.8 Å². The summed E-state index contributed by atoms with van der Waals surface area (Å²) in [6, 6.07) is 0. The summed E-state index contributed by atoms with van der Waals surface area (Å²) in [5.74, 6) is 0.500. The topological polar surface area (TPSA) is 89.0 Å². The van der Waals surface area contributed by atoms with Gasteiger partial charge in [0.15, 0.2) is 0 Å². The molecule has 0 radical (unpaired) electrons. The molecule has 1 aliphatic carbocycles. The quantitative estimate of drug-likeness (QED) is 0.565. The molecule has 9 heteroatoms. The molecule has 1 heterocycles. The van der Waals surface area contributed by atoms with Gasteiger partial charge in [0.1, 0.15) is 0 Å². The molecular weight excluding hydrogens is 378 g/mol. The summed E-state index contributed by atoms with van der Waals surface area (Å²) < 4.78 is 23.5. The molecule has 0 aliphatic heterocycles. The van der Waals surface area contributed by atoms with E-state index in [1.54, 1.807) is 0 Å². The summed E-state index contributed by atoms with van der Waals surface area (Å²) in [7, 11) is -3.40. The highest BCUT2D eigenvalue weighted by Gasteiger charge is 2.21. The second kappa shape index (κ2) is 7.64. The van der Waals surface area contributed by atoms with Gasteiger partial charge in [0.05, 0.1) is 5.75 Å². The average Bonchev–Trinajstić information content (AvgIpc) is 3.07. The third-order valence-electron chi connectivity index (χ3n) is 3.52. The highest BCUT2D eigenvalue weighted by Crippen LogP contribution is 2.28. The number of alkyl halides is 1. The Bertz CT molecular complexity index is 582. The average molecular weight is 396 g/mol. The van der Waals surface area contributed by atoms with Crippen LogP contribution in [0.4, 0.5) is 5.13 Å². The SMILES string of the molecule is O=C(CCC1CCCC1)Nc1nnc(S(=O)(=O)CCBr)s1. The molecule has 1 aromatic rings. The molecule has 1 aromatic heterocycles. The van der Waals surface area contributed by atoms with Gasteiger partial charge in [-0.15, -0.1) is 10.2 Å². The Hall–Kier alpha value is -0.540. The van der Waals surface area contributed by atoms with Gasteiger partial charge in [0.25, 0.3) is 0 Å². The van der Waals surface area contributed by atoms with E-state index in [1.165, 1.54) is 25.7 Å². The summed E-state index contributed by atoms with van der Waals surface area (Å²) in [6.07, 6.45) is 6.28. The van der Waals surface area contributed by atoms with Gasteiger partial charge in [0.2, 0.25) is 25.2 Å². The zero-order valence-electron chi connectivity index (χ0n) is 11.5. The number of anilines is 1. The van der Waals surface area contributed by atoms with E-state index in [4.69, 9.17) is 0 Å². The fourth-order valence-electron chi connectivity index (χ4n) is 2.39. The van der Waals surface area contributed by atoms with Crippen LogP contribution in [-0.2, 0) is 14.6 Å². The Morgan fingerprint density at radius 2 is 2.05 bits per heavy atom. The maximum absolute atomic E-state index is 11.8. The molecule has 1 saturated carbocycles. The highest BCUT2D eigenvalue weighted by molar-refractivity contribution is 9.09. The molecule has 0 aromatic carbocycles. The van der Waals surface area contributed by atoms with Gasteiger partial charge >= 0.3 is 0 Å². The molecule has 118 valence electrons. The smallest absolute Gasteiger partial charge is 0.234 e. The van der Waals surface area contributed by atoms with Crippen molar-refractivity contribution in [1.29, 1.82) is 0 Å². The number of carbonyl (C=O) groups is 1. The van der Waals surface area contributed by atoms with Crippen molar-refractivity contribution in [3.63, 3.8) is 0 Å². The number of rotatable bonds is 7. The lowest BCUT2D eigenvalue weighted by Crippen LogP contribution is -2.12. The number of hydrogen-bond donors (Lipinski definition) is 1. The fraction of sp³-hybridized carbons (Fsp3) is 0.750. The number of hydrogen-bond acceptors (Lipinski definition) is 6. The Kier molecular flexibility index (Phi) is 6.12. The molecule has 1 fully saturated rings. The van der Waals surface area contributed by atoms with E-state index in [2.05, 4.69) is 31.4 Å². The molecule has 0 bridgehead atoms. The highest BCUT2D eigenvalue weighted by atomic mass is 79.9. The summed E-state index contributed by atoms with van der Waals surface area (Å²) >= 11 is 3.99. The molecule has 21 heavy (non-hydrogen) atoms. The number of carbonyl (C=O) groups excluding carboxylic acids is 1. The molecule has 6 nitrogen and oxygen atoms in total. The van der Waals surface area contributed by atoms with Gasteiger partial charge in [-0.3, -0.25) is 4.79 Å². The van der Waals surface area contributed by atoms with Crippen LogP contribution in [0.15, 0.2) is 4.34 Å². The van der Waals surface area contributed by atoms with E-state index < -0.39 is 9.84 Å². The minimum Gasteiger partial charge on any atom is -0.301 e. The predicted molar refractivity (Wildman–Crippen MR) is 85.6 cm³/mol. The monoisotopic (exact) mass is 395 g/mol. The van der Waals surface area contributed by atoms with E-state index >= 15 is 0 Å². The first-order valence-electron chi connectivity index (χ1n) is 6.93. The molecule has 1 amide bonds. The lowest BCUT2D eigenvalue weighted by molar-refractivity contribution is -0.116. The van der Waals surface area contributed by atoms with Crippen molar-refractivity contribution in [2.24, 2.45) is 5.92 Å². The second-order valence-electron chi connectivity index (χ2n) is 5.12. The molecule has 1 aliphatic rings. The lowest BCUT2D eigenvalue weighted by Gasteiger charge is -2.07. The first-order chi connectivity index (χ1) is 10.0. The summed E-state index contributed by atoms with van der Waals surface area (Å²) in [5, 5.41) is 10.6. The first-order valence-corrected chi connectivity index (χ1v) is 10.5. The molecule has 0 spiro atoms. The van der Waals surface area contributed by atoms with Crippen LogP contribution in [0.1, 0.15) is 38.5 Å². The Morgan fingerprint density at radius 1 is 1.33 bits per heavy atom. The largest absolute Gasteiger partial charge is 0.301 e. The van der Waals surface area contributed by atoms with Gasteiger partial charge < -0.3 is 5.32 Å². The molecule has 0 saturated heterocycles. The Labute approximate surface area is 136 Å². The van der Waals surface area contributed by atoms with Crippen molar-refractivity contribution >= 4 is 48.1 Å². The number of halogens is 1. The van der Waals surface area contributed by atoms with Gasteiger partial charge in [0, 0.05) is 11.8 Å². The Morgan fingerprint density at radius 3 is 2.71 bits per heavy atom. The lowest BCUT2D eigenvalue weighted by atomic mass is 10.0. The molecule has 1 N–H and O–H groups in total. The van der Waals surface area contributed by atoms with Gasteiger partial charge in [-0.2, -0.15) is 0 Å². The zero-order valence-corrected chi connectivity index (χ0v) is 14.8. The number of nitrogens with zero attached hydrogens (tertiary/aromatic N) is 2. The number of sulfone groups is 1. The number of amides is 1. The summed E-state index contributed by atoms with van der Waals surface area (Å²) in [5.41, 5.74) is 0. The van der Waals surface area contributed by atoms with Crippen molar-refractivity contribution in [1.82, 2.24) is 10.2 Å². The maximum Gasteiger partial charge on any atom is 0.234 e. The summed E-state index contributed by atoms with van der Waals surface area (Å²) in [6.45, 7) is 0. The third-order valence-corrected chi connectivity index (χ3v) is 7.44. The molecule has 0 atom stereocenters. The van der Waals surface area contributed by atoms with Gasteiger partial charge in [-0.25, -0.2) is 8.42 Å². The van der Waals surface area contributed by atoms with Gasteiger partial charge in [-0.1, -0.05) is 53.0 Å². The van der Waals surface area contributed by atoms with Crippen LogP contribution in [-0.4, -0.2) is 35.6 Å². The van der Waals surface area contributed by atoms with Crippen LogP contribution in [0.3, 0.4) is 0 Å². The molecule has 2 rings (SSSR count). The van der Waals surface area contributed by atoms with Crippen LogP contribution < -0.4 is 5.32 Å². The zero-order chi connectivity index (χ0) is 15.3. The van der Waals surface area contributed by atoms with Crippen molar-refractivity contribution < 1.29 is 13.2 Å². The maximum atomic E-state index is 11.8. The minimum atomic E-state index is -3.40. The van der Waals surface area contributed by atoms with E-state index in [1.807, 2.05) is 0 Å². The predicted octanol–water partition coefficient (Wildman–Crippen LogP) is 2.62. The van der Waals surface area contributed by atoms with Crippen LogP contribution in [0.5, 0.6) is 0 Å². The van der Waals surface area contributed by atoms with Crippen molar-refractivity contribution in [3.8, 4) is 0 Å². The van der Waals surface area contributed by atoms with Crippen molar-refractivity contribution in [3.05, 3.63) is 0 Å². The van der Waals surface area contributed by atoms with Crippen molar-refractivity contribution in [2.45, 2.75) is 42.9 Å². The Balaban J connectivity index is 1.85. The number of aromatic nitrogens is 2. The summed E-state index contributed by atoms with van der Waals surface area (Å²) in [4.78, 5) is 11.8. The van der Waals surface area contributed by atoms with Gasteiger partial charge in [-0.05, 0) is 12.3 Å². The third kappa shape index (κ3) is 5.00. The van der Waals surface area contributed by atoms with Crippen LogP contribution in [0, 0.1) is 5.92 Å². The fourth-order valence-corrected chi connectivity index (χ4v) is 5.70. The van der Waals surface area contributed by atoms with E-state index in [0.29, 0.717) is 17.7 Å². The van der Waals surface area contributed by atoms with Crippen molar-refractivity contribution in [2.75, 3.05) is 16.4 Å². The standard InChI is InChI=1S/C12H18BrN3O3S2/c13-7-8-21(18,19)12-16-15-11(20-12)14-10(17)6-5-9-3-1-2-4-9/h9H,1-8H2,(H,14,15,17).